The number of carbonyl (C=O) groups excluding carboxylic acids is 3. The number of amides is 3. The van der Waals surface area contributed by atoms with Gasteiger partial charge in [-0.1, -0.05) is 74.3 Å². The predicted octanol–water partition coefficient (Wildman–Crippen LogP) is 5.10. The first-order valence-electron chi connectivity index (χ1n) is 14.0. The number of fused-ring (bicyclic) bond motifs is 2. The lowest BCUT2D eigenvalue weighted by molar-refractivity contribution is -0.142. The van der Waals surface area contributed by atoms with E-state index in [1.54, 1.807) is 30.1 Å². The molecule has 41 heavy (non-hydrogen) atoms. The second-order valence-corrected chi connectivity index (χ2v) is 13.0. The van der Waals surface area contributed by atoms with Gasteiger partial charge < -0.3 is 25.2 Å². The Hall–Kier alpha value is -2.81. The Morgan fingerprint density at radius 1 is 1.10 bits per heavy atom. The molecule has 1 atom stereocenters. The summed E-state index contributed by atoms with van der Waals surface area (Å²) >= 11 is 12.7. The number of rotatable bonds is 7. The normalized spacial score (nSPS) is 18.2. The smallest absolute Gasteiger partial charge is 0.407 e. The second kappa shape index (κ2) is 12.2. The molecule has 0 bridgehead atoms. The van der Waals surface area contributed by atoms with Crippen LogP contribution in [0.2, 0.25) is 10.0 Å². The average molecular weight is 604 g/mol. The van der Waals surface area contributed by atoms with Crippen LogP contribution in [-0.4, -0.2) is 68.0 Å². The Balaban J connectivity index is 1.60. The van der Waals surface area contributed by atoms with Crippen molar-refractivity contribution in [1.82, 2.24) is 20.4 Å². The third-order valence-corrected chi connectivity index (χ3v) is 8.96. The average Bonchev–Trinajstić information content (AvgIpc) is 2.93. The number of likely N-dealkylation sites (N-methyl/N-ethyl adjacent to an activating group) is 1. The van der Waals surface area contributed by atoms with Crippen LogP contribution in [0.4, 0.5) is 4.79 Å². The van der Waals surface area contributed by atoms with Gasteiger partial charge in [0.1, 0.15) is 0 Å². The number of hydrogen-bond acceptors (Lipinski definition) is 5. The Labute approximate surface area is 252 Å². The molecule has 2 N–H and O–H groups in total. The number of alkyl carbamates (subject to hydrolysis) is 1. The molecule has 222 valence electrons. The molecule has 1 saturated heterocycles. The molecule has 0 aromatic heterocycles. The van der Waals surface area contributed by atoms with Gasteiger partial charge in [0.15, 0.2) is 5.60 Å². The topological polar surface area (TPSA) is 91.0 Å². The first-order valence-corrected chi connectivity index (χ1v) is 14.8. The molecule has 3 amide bonds. The summed E-state index contributed by atoms with van der Waals surface area (Å²) in [6, 6.07) is 13.4. The maximum absolute atomic E-state index is 13.2. The van der Waals surface area contributed by atoms with Gasteiger partial charge in [-0.25, -0.2) is 4.79 Å². The van der Waals surface area contributed by atoms with E-state index in [0.29, 0.717) is 35.0 Å². The van der Waals surface area contributed by atoms with E-state index in [-0.39, 0.29) is 23.9 Å². The van der Waals surface area contributed by atoms with Gasteiger partial charge in [0.2, 0.25) is 11.8 Å². The lowest BCUT2D eigenvalue weighted by atomic mass is 9.75. The van der Waals surface area contributed by atoms with E-state index in [0.717, 1.165) is 31.5 Å². The molecule has 2 heterocycles. The summed E-state index contributed by atoms with van der Waals surface area (Å²) in [5, 5.41) is 6.58. The second-order valence-electron chi connectivity index (χ2n) is 12.2. The van der Waals surface area contributed by atoms with Crippen molar-refractivity contribution in [2.75, 3.05) is 40.3 Å². The number of carbonyl (C=O) groups is 3. The van der Waals surface area contributed by atoms with Crippen LogP contribution in [0.3, 0.4) is 0 Å². The van der Waals surface area contributed by atoms with Crippen LogP contribution in [0.1, 0.15) is 56.7 Å². The van der Waals surface area contributed by atoms with Gasteiger partial charge in [-0.05, 0) is 41.7 Å². The lowest BCUT2D eigenvalue weighted by Gasteiger charge is -2.46. The molecule has 1 spiro atoms. The van der Waals surface area contributed by atoms with Crippen LogP contribution in [0.15, 0.2) is 42.5 Å². The molecule has 0 radical (unpaired) electrons. The van der Waals surface area contributed by atoms with Gasteiger partial charge in [0.25, 0.3) is 0 Å². The van der Waals surface area contributed by atoms with Crippen LogP contribution in [0.25, 0.3) is 0 Å². The molecular formula is C31H40Cl2N4O4. The van der Waals surface area contributed by atoms with Gasteiger partial charge in [0, 0.05) is 45.6 Å². The molecule has 0 saturated carbocycles. The molecular weight excluding hydrogens is 563 g/mol. The fourth-order valence-corrected chi connectivity index (χ4v) is 6.37. The molecule has 8 nitrogen and oxygen atoms in total. The minimum atomic E-state index is -1.19. The van der Waals surface area contributed by atoms with E-state index in [9.17, 15) is 14.4 Å². The highest BCUT2D eigenvalue weighted by Gasteiger charge is 2.44. The van der Waals surface area contributed by atoms with E-state index in [1.807, 2.05) is 39.0 Å². The molecule has 2 aliphatic heterocycles. The van der Waals surface area contributed by atoms with Gasteiger partial charge in [-0.2, -0.15) is 0 Å². The molecule has 2 aromatic rings. The van der Waals surface area contributed by atoms with Crippen molar-refractivity contribution in [2.24, 2.45) is 5.41 Å². The van der Waals surface area contributed by atoms with Gasteiger partial charge in [-0.3, -0.25) is 9.59 Å². The van der Waals surface area contributed by atoms with Crippen LogP contribution < -0.4 is 10.6 Å². The summed E-state index contributed by atoms with van der Waals surface area (Å²) in [6.45, 7) is 7.82. The van der Waals surface area contributed by atoms with Crippen molar-refractivity contribution in [1.29, 1.82) is 0 Å². The van der Waals surface area contributed by atoms with Crippen molar-refractivity contribution in [3.63, 3.8) is 0 Å². The number of halogens is 2. The molecule has 10 heteroatoms. The molecule has 0 unspecified atom stereocenters. The summed E-state index contributed by atoms with van der Waals surface area (Å²) in [7, 11) is 3.23. The highest BCUT2D eigenvalue weighted by Crippen LogP contribution is 2.40. The molecule has 0 aliphatic carbocycles. The number of nitrogens with zero attached hydrogens (tertiary/aromatic N) is 2. The zero-order valence-electron chi connectivity index (χ0n) is 24.5. The van der Waals surface area contributed by atoms with Gasteiger partial charge in [-0.15, -0.1) is 0 Å². The lowest BCUT2D eigenvalue weighted by Crippen LogP contribution is -2.56. The predicted molar refractivity (Wildman–Crippen MR) is 161 cm³/mol. The Morgan fingerprint density at radius 2 is 1.78 bits per heavy atom. The Morgan fingerprint density at radius 3 is 2.41 bits per heavy atom. The van der Waals surface area contributed by atoms with Crippen molar-refractivity contribution >= 4 is 41.1 Å². The van der Waals surface area contributed by atoms with Crippen molar-refractivity contribution in [2.45, 2.75) is 57.6 Å². The van der Waals surface area contributed by atoms with Gasteiger partial charge >= 0.3 is 6.09 Å². The minimum Gasteiger partial charge on any atom is -0.436 e. The van der Waals surface area contributed by atoms with Crippen LogP contribution >= 0.6 is 23.2 Å². The number of likely N-dealkylation sites (tertiary alicyclic amines) is 1. The first kappa shape index (κ1) is 31.1. The number of nitrogens with one attached hydrogen (secondary N) is 2. The van der Waals surface area contributed by atoms with Crippen molar-refractivity contribution in [3.8, 4) is 0 Å². The quantitative estimate of drug-likeness (QED) is 0.460. The summed E-state index contributed by atoms with van der Waals surface area (Å²) in [5.41, 5.74) is 0.772. The highest BCUT2D eigenvalue weighted by molar-refractivity contribution is 6.42. The SMILES string of the molecule is CNC(=O)O[C@](CCN1CCC2(CC1)NC(=O)Cc1ccccc12)(CN(C)C(=O)C(C)(C)C)c1ccc(Cl)c(Cl)c1. The number of benzene rings is 2. The monoisotopic (exact) mass is 602 g/mol. The third kappa shape index (κ3) is 6.82. The van der Waals surface area contributed by atoms with E-state index >= 15 is 0 Å². The number of ether oxygens (including phenoxy) is 1. The number of piperidine rings is 1. The molecule has 1 fully saturated rings. The maximum Gasteiger partial charge on any atom is 0.407 e. The van der Waals surface area contributed by atoms with E-state index in [4.69, 9.17) is 27.9 Å². The first-order chi connectivity index (χ1) is 19.3. The summed E-state index contributed by atoms with van der Waals surface area (Å²) in [5.74, 6) is -0.0182. The van der Waals surface area contributed by atoms with Crippen LogP contribution in [0, 0.1) is 5.41 Å². The maximum atomic E-state index is 13.2. The van der Waals surface area contributed by atoms with Crippen molar-refractivity contribution < 1.29 is 19.1 Å². The number of hydrogen-bond donors (Lipinski definition) is 2. The fraction of sp³-hybridized carbons (Fsp3) is 0.516. The molecule has 2 aromatic carbocycles. The summed E-state index contributed by atoms with van der Waals surface area (Å²) in [6.07, 6.45) is 1.76. The largest absolute Gasteiger partial charge is 0.436 e. The summed E-state index contributed by atoms with van der Waals surface area (Å²) in [4.78, 5) is 42.5. The zero-order valence-corrected chi connectivity index (χ0v) is 26.0. The highest BCUT2D eigenvalue weighted by atomic mass is 35.5. The van der Waals surface area contributed by atoms with Crippen LogP contribution in [-0.2, 0) is 31.9 Å². The van der Waals surface area contributed by atoms with Gasteiger partial charge in [0.05, 0.1) is 28.5 Å². The van der Waals surface area contributed by atoms with Crippen LogP contribution in [0.5, 0.6) is 0 Å². The Bertz CT molecular complexity index is 1300. The Kier molecular flexibility index (Phi) is 9.26. The van der Waals surface area contributed by atoms with E-state index < -0.39 is 17.1 Å². The van der Waals surface area contributed by atoms with E-state index in [1.165, 1.54) is 12.6 Å². The molecule has 2 aliphatic rings. The third-order valence-electron chi connectivity index (χ3n) is 8.22. The fourth-order valence-electron chi connectivity index (χ4n) is 6.08. The zero-order chi connectivity index (χ0) is 30.0. The van der Waals surface area contributed by atoms with Crippen molar-refractivity contribution in [3.05, 3.63) is 69.2 Å². The minimum absolute atomic E-state index is 0.0568. The standard InChI is InChI=1S/C31H40Cl2N4O4/c1-29(2,3)27(39)36(5)20-31(41-28(40)34-4,22-10-11-24(32)25(33)19-22)14-17-37-15-12-30(13-16-37)23-9-7-6-8-21(23)18-26(38)35-30/h6-11,19H,12-18,20H2,1-5H3,(H,34,40)(H,35,38)/t31-/m1/s1. The molecule has 4 rings (SSSR count). The van der Waals surface area contributed by atoms with E-state index in [2.05, 4.69) is 21.6 Å². The summed E-state index contributed by atoms with van der Waals surface area (Å²) < 4.78 is 6.13.